The molecule has 0 spiro atoms. The van der Waals surface area contributed by atoms with Gasteiger partial charge in [-0.25, -0.2) is 0 Å². The fourth-order valence-corrected chi connectivity index (χ4v) is 3.16. The van der Waals surface area contributed by atoms with Gasteiger partial charge in [-0.1, -0.05) is 12.2 Å². The van der Waals surface area contributed by atoms with E-state index in [9.17, 15) is 30.0 Å². The minimum atomic E-state index is -1.86. The lowest BCUT2D eigenvalue weighted by Crippen LogP contribution is -2.46. The number of amides is 2. The van der Waals surface area contributed by atoms with Crippen molar-refractivity contribution in [2.45, 2.75) is 36.6 Å². The third-order valence-electron chi connectivity index (χ3n) is 4.50. The van der Waals surface area contributed by atoms with Gasteiger partial charge in [0.15, 0.2) is 0 Å². The summed E-state index contributed by atoms with van der Waals surface area (Å²) in [4.78, 5) is 24.5. The van der Waals surface area contributed by atoms with E-state index >= 15 is 0 Å². The van der Waals surface area contributed by atoms with Crippen molar-refractivity contribution < 1.29 is 39.9 Å². The molecule has 10 nitrogen and oxygen atoms in total. The lowest BCUT2D eigenvalue weighted by Gasteiger charge is -2.23. The molecule has 0 aliphatic carbocycles. The Hall–Kier alpha value is -1.69. The summed E-state index contributed by atoms with van der Waals surface area (Å²) in [6, 6.07) is 0. The first kappa shape index (κ1) is 17.1. The second-order valence-electron chi connectivity index (χ2n) is 5.98. The first-order chi connectivity index (χ1) is 11.4. The van der Waals surface area contributed by atoms with Gasteiger partial charge in [0.1, 0.15) is 24.4 Å². The van der Waals surface area contributed by atoms with Gasteiger partial charge < -0.3 is 30.3 Å². The monoisotopic (exact) mass is 342 g/mol. The summed E-state index contributed by atoms with van der Waals surface area (Å²) in [5, 5.41) is 51.1. The van der Waals surface area contributed by atoms with Crippen LogP contribution >= 0.6 is 0 Å². The van der Waals surface area contributed by atoms with Crippen LogP contribution < -0.4 is 0 Å². The van der Waals surface area contributed by atoms with Gasteiger partial charge in [-0.2, -0.15) is 10.1 Å². The van der Waals surface area contributed by atoms with E-state index in [1.165, 1.54) is 0 Å². The van der Waals surface area contributed by atoms with Crippen molar-refractivity contribution in [2.24, 2.45) is 16.9 Å². The molecular weight excluding hydrogens is 324 g/mol. The first-order valence-electron chi connectivity index (χ1n) is 7.45. The van der Waals surface area contributed by atoms with Crippen LogP contribution in [0.25, 0.3) is 0 Å². The highest BCUT2D eigenvalue weighted by Crippen LogP contribution is 2.45. The molecule has 0 radical (unpaired) electrons. The Balaban J connectivity index is 1.67. The molecule has 5 N–H and O–H groups in total. The number of fused-ring (bicyclic) bond motifs is 5. The second kappa shape index (κ2) is 6.31. The van der Waals surface area contributed by atoms with Crippen LogP contribution in [0.15, 0.2) is 17.3 Å². The van der Waals surface area contributed by atoms with E-state index in [0.29, 0.717) is 5.01 Å². The van der Waals surface area contributed by atoms with Crippen molar-refractivity contribution in [3.8, 4) is 0 Å². The van der Waals surface area contributed by atoms with Crippen molar-refractivity contribution in [1.82, 2.24) is 5.01 Å². The van der Waals surface area contributed by atoms with Crippen LogP contribution in [-0.4, -0.2) is 91.8 Å². The summed E-state index contributed by atoms with van der Waals surface area (Å²) in [5.41, 5.74) is 0. The number of hydrogen-bond acceptors (Lipinski definition) is 9. The van der Waals surface area contributed by atoms with E-state index in [4.69, 9.17) is 9.84 Å². The molecule has 2 saturated heterocycles. The number of imide groups is 1. The zero-order valence-corrected chi connectivity index (χ0v) is 12.4. The molecule has 3 rings (SSSR count). The Morgan fingerprint density at radius 2 is 1.62 bits per heavy atom. The van der Waals surface area contributed by atoms with E-state index in [1.807, 2.05) is 0 Å². The first-order valence-corrected chi connectivity index (χ1v) is 7.45. The molecule has 3 heterocycles. The van der Waals surface area contributed by atoms with Gasteiger partial charge in [-0.3, -0.25) is 9.59 Å². The third-order valence-corrected chi connectivity index (χ3v) is 4.50. The number of carbonyl (C=O) groups excluding carboxylic acids is 2. The van der Waals surface area contributed by atoms with Crippen LogP contribution in [0.3, 0.4) is 0 Å². The number of aliphatic hydroxyl groups is 5. The van der Waals surface area contributed by atoms with E-state index in [1.54, 1.807) is 12.2 Å². The molecular formula is C14H18N2O8. The van der Waals surface area contributed by atoms with Crippen molar-refractivity contribution >= 4 is 18.0 Å². The molecule has 0 aromatic heterocycles. The Bertz CT molecular complexity index is 563. The predicted octanol–water partition coefficient (Wildman–Crippen LogP) is -3.65. The molecule has 132 valence electrons. The summed E-state index contributed by atoms with van der Waals surface area (Å²) < 4.78 is 5.46. The Kier molecular flexibility index (Phi) is 4.51. The van der Waals surface area contributed by atoms with Gasteiger partial charge in [0.2, 0.25) is 0 Å². The van der Waals surface area contributed by atoms with Crippen molar-refractivity contribution in [1.29, 1.82) is 0 Å². The number of aliphatic hydroxyl groups excluding tert-OH is 5. The topological polar surface area (TPSA) is 160 Å². The highest BCUT2D eigenvalue weighted by molar-refractivity contribution is 6.06. The molecule has 0 aromatic carbocycles. The minimum Gasteiger partial charge on any atom is -0.394 e. The van der Waals surface area contributed by atoms with Crippen molar-refractivity contribution in [3.05, 3.63) is 12.2 Å². The van der Waals surface area contributed by atoms with Crippen LogP contribution in [0.1, 0.15) is 0 Å². The Labute approximate surface area is 136 Å². The molecule has 2 fully saturated rings. The normalized spacial score (nSPS) is 36.5. The smallest absolute Gasteiger partial charge is 0.256 e. The lowest BCUT2D eigenvalue weighted by atomic mass is 9.85. The zero-order valence-electron chi connectivity index (χ0n) is 12.4. The SMILES string of the molecule is O=C1[C@H]2[C@H](C(=O)N1/N=C/[C@H](O)[C@H](O)[C@H](O)[C@H](O)CO)[C@H]1C=C[C@H]2O1. The number of rotatable bonds is 6. The summed E-state index contributed by atoms with van der Waals surface area (Å²) in [6.07, 6.45) is -3.86. The average Bonchev–Trinajstić information content (AvgIpc) is 3.25. The maximum Gasteiger partial charge on any atom is 0.256 e. The van der Waals surface area contributed by atoms with E-state index < -0.39 is 66.9 Å². The molecule has 0 unspecified atom stereocenters. The number of hydrogen-bond donors (Lipinski definition) is 5. The number of nitrogens with zero attached hydrogens (tertiary/aromatic N) is 2. The molecule has 3 aliphatic rings. The van der Waals surface area contributed by atoms with Crippen LogP contribution in [0, 0.1) is 11.8 Å². The molecule has 10 heteroatoms. The van der Waals surface area contributed by atoms with Gasteiger partial charge in [0, 0.05) is 0 Å². The van der Waals surface area contributed by atoms with Crippen LogP contribution in [0.2, 0.25) is 0 Å². The summed E-state index contributed by atoms with van der Waals surface area (Å²) in [5.74, 6) is -2.41. The highest BCUT2D eigenvalue weighted by atomic mass is 16.5. The lowest BCUT2D eigenvalue weighted by molar-refractivity contribution is -0.142. The van der Waals surface area contributed by atoms with Crippen LogP contribution in [0.4, 0.5) is 0 Å². The number of ether oxygens (including phenoxy) is 1. The number of hydrazone groups is 1. The van der Waals surface area contributed by atoms with Crippen molar-refractivity contribution in [2.75, 3.05) is 6.61 Å². The van der Waals surface area contributed by atoms with E-state index in [-0.39, 0.29) is 0 Å². The van der Waals surface area contributed by atoms with Gasteiger partial charge in [-0.05, 0) is 0 Å². The van der Waals surface area contributed by atoms with Gasteiger partial charge in [0.05, 0.1) is 36.9 Å². The van der Waals surface area contributed by atoms with Gasteiger partial charge in [0.25, 0.3) is 11.8 Å². The molecule has 0 saturated carbocycles. The summed E-state index contributed by atoms with van der Waals surface area (Å²) in [6.45, 7) is -0.815. The number of carbonyl (C=O) groups is 2. The fraction of sp³-hybridized carbons (Fsp3) is 0.643. The highest BCUT2D eigenvalue weighted by Gasteiger charge is 2.61. The molecule has 8 atom stereocenters. The standard InChI is InChI=1S/C14H18N2O8/c17-4-6(19)12(21)11(20)5(18)3-15-16-13(22)9-7-1-2-8(24-7)10(9)14(16)23/h1-3,5-12,17-21H,4H2/b15-3+/t5-,6+,7+,8+,9+,10+,11-,12+/m0/s1. The molecule has 0 aromatic rings. The molecule has 3 aliphatic heterocycles. The predicted molar refractivity (Wildman–Crippen MR) is 76.2 cm³/mol. The Morgan fingerprint density at radius 3 is 2.12 bits per heavy atom. The van der Waals surface area contributed by atoms with E-state index in [0.717, 1.165) is 6.21 Å². The summed E-state index contributed by atoms with van der Waals surface area (Å²) >= 11 is 0. The third kappa shape index (κ3) is 2.57. The molecule has 24 heavy (non-hydrogen) atoms. The maximum absolute atomic E-state index is 12.3. The van der Waals surface area contributed by atoms with Crippen LogP contribution in [-0.2, 0) is 14.3 Å². The fourth-order valence-electron chi connectivity index (χ4n) is 3.16. The van der Waals surface area contributed by atoms with E-state index in [2.05, 4.69) is 5.10 Å². The molecule has 2 bridgehead atoms. The van der Waals surface area contributed by atoms with Crippen molar-refractivity contribution in [3.63, 3.8) is 0 Å². The Morgan fingerprint density at radius 1 is 1.08 bits per heavy atom. The average molecular weight is 342 g/mol. The van der Waals surface area contributed by atoms with Crippen LogP contribution in [0.5, 0.6) is 0 Å². The second-order valence-corrected chi connectivity index (χ2v) is 5.98. The molecule has 2 amide bonds. The quantitative estimate of drug-likeness (QED) is 0.188. The van der Waals surface area contributed by atoms with Gasteiger partial charge in [-0.15, -0.1) is 0 Å². The zero-order chi connectivity index (χ0) is 17.6. The summed E-state index contributed by atoms with van der Waals surface area (Å²) in [7, 11) is 0. The van der Waals surface area contributed by atoms with Gasteiger partial charge >= 0.3 is 0 Å². The maximum atomic E-state index is 12.3. The minimum absolute atomic E-state index is 0.464. The largest absolute Gasteiger partial charge is 0.394 e.